The first-order valence-corrected chi connectivity index (χ1v) is 7.32. The van der Waals surface area contributed by atoms with Gasteiger partial charge in [-0.05, 0) is 37.1 Å². The number of nitrogens with one attached hydrogen (secondary N) is 1. The predicted octanol–water partition coefficient (Wildman–Crippen LogP) is 3.28. The molecule has 2 aromatic carbocycles. The molecule has 1 aliphatic carbocycles. The summed E-state index contributed by atoms with van der Waals surface area (Å²) in [5, 5.41) is 2.78. The van der Waals surface area contributed by atoms with E-state index in [1.165, 1.54) is 13.2 Å². The molecule has 4 nitrogen and oxygen atoms in total. The van der Waals surface area contributed by atoms with E-state index in [1.54, 1.807) is 42.5 Å². The van der Waals surface area contributed by atoms with Crippen molar-refractivity contribution in [2.75, 3.05) is 12.4 Å². The average molecular weight is 313 g/mol. The minimum Gasteiger partial charge on any atom is -0.465 e. The maximum Gasteiger partial charge on any atom is 0.337 e. The SMILES string of the molecule is COC(=O)c1cccc(NC(=O)C2(c3ccccc3F)CC2)c1. The van der Waals surface area contributed by atoms with Crippen molar-refractivity contribution in [2.24, 2.45) is 0 Å². The quantitative estimate of drug-likeness (QED) is 0.881. The molecule has 118 valence electrons. The maximum absolute atomic E-state index is 14.0. The number of hydrogen-bond acceptors (Lipinski definition) is 3. The topological polar surface area (TPSA) is 55.4 Å². The number of esters is 1. The van der Waals surface area contributed by atoms with Gasteiger partial charge < -0.3 is 10.1 Å². The highest BCUT2D eigenvalue weighted by Crippen LogP contribution is 2.49. The second-order valence-electron chi connectivity index (χ2n) is 5.59. The molecule has 1 saturated carbocycles. The van der Waals surface area contributed by atoms with Gasteiger partial charge in [0, 0.05) is 11.3 Å². The molecule has 0 saturated heterocycles. The molecule has 1 fully saturated rings. The van der Waals surface area contributed by atoms with Gasteiger partial charge in [-0.15, -0.1) is 0 Å². The van der Waals surface area contributed by atoms with E-state index < -0.39 is 11.4 Å². The van der Waals surface area contributed by atoms with Crippen LogP contribution in [0.5, 0.6) is 0 Å². The number of amides is 1. The van der Waals surface area contributed by atoms with Crippen LogP contribution in [0.3, 0.4) is 0 Å². The highest BCUT2D eigenvalue weighted by atomic mass is 19.1. The van der Waals surface area contributed by atoms with Gasteiger partial charge in [0.15, 0.2) is 0 Å². The highest BCUT2D eigenvalue weighted by Gasteiger charge is 2.52. The van der Waals surface area contributed by atoms with Crippen LogP contribution in [-0.4, -0.2) is 19.0 Å². The summed E-state index contributed by atoms with van der Waals surface area (Å²) in [6.45, 7) is 0. The van der Waals surface area contributed by atoms with Crippen LogP contribution in [-0.2, 0) is 14.9 Å². The lowest BCUT2D eigenvalue weighted by Gasteiger charge is -2.16. The lowest BCUT2D eigenvalue weighted by atomic mass is 9.94. The second kappa shape index (κ2) is 5.83. The van der Waals surface area contributed by atoms with Gasteiger partial charge in [-0.3, -0.25) is 4.79 Å². The van der Waals surface area contributed by atoms with Gasteiger partial charge in [0.05, 0.1) is 18.1 Å². The molecular weight excluding hydrogens is 297 g/mol. The molecule has 1 amide bonds. The zero-order chi connectivity index (χ0) is 16.4. The number of carbonyl (C=O) groups is 2. The van der Waals surface area contributed by atoms with Crippen molar-refractivity contribution in [2.45, 2.75) is 18.3 Å². The number of rotatable bonds is 4. The first-order valence-electron chi connectivity index (χ1n) is 7.32. The van der Waals surface area contributed by atoms with Crippen molar-refractivity contribution in [1.82, 2.24) is 0 Å². The monoisotopic (exact) mass is 313 g/mol. The Hall–Kier alpha value is -2.69. The molecular formula is C18H16FNO3. The average Bonchev–Trinajstić information content (AvgIpc) is 3.36. The van der Waals surface area contributed by atoms with E-state index in [0.717, 1.165) is 0 Å². The Labute approximate surface area is 133 Å². The van der Waals surface area contributed by atoms with Crippen LogP contribution >= 0.6 is 0 Å². The third-order valence-electron chi connectivity index (χ3n) is 4.12. The number of methoxy groups -OCH3 is 1. The lowest BCUT2D eigenvalue weighted by molar-refractivity contribution is -0.118. The third-order valence-corrected chi connectivity index (χ3v) is 4.12. The van der Waals surface area contributed by atoms with Gasteiger partial charge in [0.25, 0.3) is 0 Å². The Bertz CT molecular complexity index is 768. The first kappa shape index (κ1) is 15.2. The van der Waals surface area contributed by atoms with E-state index in [9.17, 15) is 14.0 Å². The molecule has 1 N–H and O–H groups in total. The van der Waals surface area contributed by atoms with E-state index in [1.807, 2.05) is 0 Å². The van der Waals surface area contributed by atoms with Crippen LogP contribution in [0.25, 0.3) is 0 Å². The highest BCUT2D eigenvalue weighted by molar-refractivity contribution is 6.02. The maximum atomic E-state index is 14.0. The summed E-state index contributed by atoms with van der Waals surface area (Å²) in [5.41, 5.74) is 0.440. The normalized spacial score (nSPS) is 14.9. The Balaban J connectivity index is 1.83. The van der Waals surface area contributed by atoms with E-state index >= 15 is 0 Å². The molecule has 5 heteroatoms. The van der Waals surface area contributed by atoms with E-state index in [0.29, 0.717) is 29.7 Å². The molecule has 0 bridgehead atoms. The van der Waals surface area contributed by atoms with Crippen molar-refractivity contribution in [3.8, 4) is 0 Å². The number of halogens is 1. The van der Waals surface area contributed by atoms with Gasteiger partial charge in [0.2, 0.25) is 5.91 Å². The Morgan fingerprint density at radius 2 is 1.87 bits per heavy atom. The number of hydrogen-bond donors (Lipinski definition) is 1. The lowest BCUT2D eigenvalue weighted by Crippen LogP contribution is -2.28. The molecule has 0 radical (unpaired) electrons. The first-order chi connectivity index (χ1) is 11.1. The van der Waals surface area contributed by atoms with E-state index in [4.69, 9.17) is 0 Å². The van der Waals surface area contributed by atoms with Crippen molar-refractivity contribution in [1.29, 1.82) is 0 Å². The summed E-state index contributed by atoms with van der Waals surface area (Å²) in [4.78, 5) is 24.1. The number of anilines is 1. The minimum absolute atomic E-state index is 0.260. The van der Waals surface area contributed by atoms with Gasteiger partial charge in [-0.1, -0.05) is 24.3 Å². The molecule has 1 aliphatic rings. The zero-order valence-electron chi connectivity index (χ0n) is 12.6. The van der Waals surface area contributed by atoms with Gasteiger partial charge in [-0.2, -0.15) is 0 Å². The fourth-order valence-corrected chi connectivity index (χ4v) is 2.69. The van der Waals surface area contributed by atoms with E-state index in [2.05, 4.69) is 10.1 Å². The molecule has 0 atom stereocenters. The zero-order valence-corrected chi connectivity index (χ0v) is 12.6. The van der Waals surface area contributed by atoms with Crippen molar-refractivity contribution in [3.05, 3.63) is 65.5 Å². The van der Waals surface area contributed by atoms with Crippen LogP contribution < -0.4 is 5.32 Å². The molecule has 0 spiro atoms. The van der Waals surface area contributed by atoms with Gasteiger partial charge in [-0.25, -0.2) is 9.18 Å². The summed E-state index contributed by atoms with van der Waals surface area (Å²) in [6, 6.07) is 12.8. The van der Waals surface area contributed by atoms with Gasteiger partial charge >= 0.3 is 5.97 Å². The Morgan fingerprint density at radius 3 is 2.52 bits per heavy atom. The largest absolute Gasteiger partial charge is 0.465 e. The smallest absolute Gasteiger partial charge is 0.337 e. The molecule has 0 heterocycles. The summed E-state index contributed by atoms with van der Waals surface area (Å²) in [6.07, 6.45) is 1.22. The molecule has 2 aromatic rings. The summed E-state index contributed by atoms with van der Waals surface area (Å²) >= 11 is 0. The van der Waals surface area contributed by atoms with Crippen LogP contribution in [0.15, 0.2) is 48.5 Å². The molecule has 23 heavy (non-hydrogen) atoms. The van der Waals surface area contributed by atoms with Crippen molar-refractivity contribution >= 4 is 17.6 Å². The minimum atomic E-state index is -0.813. The number of ether oxygens (including phenoxy) is 1. The van der Waals surface area contributed by atoms with E-state index in [-0.39, 0.29) is 11.7 Å². The fourth-order valence-electron chi connectivity index (χ4n) is 2.69. The van der Waals surface area contributed by atoms with Crippen LogP contribution in [0, 0.1) is 5.82 Å². The number of carbonyl (C=O) groups excluding carboxylic acids is 2. The van der Waals surface area contributed by atoms with Crippen LogP contribution in [0.1, 0.15) is 28.8 Å². The Kier molecular flexibility index (Phi) is 3.86. The number of benzene rings is 2. The van der Waals surface area contributed by atoms with Crippen LogP contribution in [0.2, 0.25) is 0 Å². The second-order valence-corrected chi connectivity index (χ2v) is 5.59. The van der Waals surface area contributed by atoms with Crippen molar-refractivity contribution in [3.63, 3.8) is 0 Å². The third kappa shape index (κ3) is 2.82. The van der Waals surface area contributed by atoms with Crippen molar-refractivity contribution < 1.29 is 18.7 Å². The summed E-state index contributed by atoms with van der Waals surface area (Å²) in [7, 11) is 1.30. The molecule has 0 aliphatic heterocycles. The summed E-state index contributed by atoms with van der Waals surface area (Å²) < 4.78 is 18.7. The fraction of sp³-hybridized carbons (Fsp3) is 0.222. The molecule has 3 rings (SSSR count). The Morgan fingerprint density at radius 1 is 1.13 bits per heavy atom. The van der Waals surface area contributed by atoms with Crippen LogP contribution in [0.4, 0.5) is 10.1 Å². The summed E-state index contributed by atoms with van der Waals surface area (Å²) in [5.74, 6) is -1.11. The molecule has 0 unspecified atom stereocenters. The predicted molar refractivity (Wildman–Crippen MR) is 83.7 cm³/mol. The van der Waals surface area contributed by atoms with Gasteiger partial charge in [0.1, 0.15) is 5.82 Å². The molecule has 0 aromatic heterocycles. The standard InChI is InChI=1S/C18H16FNO3/c1-23-16(21)12-5-4-6-13(11-12)20-17(22)18(9-10-18)14-7-2-3-8-15(14)19/h2-8,11H,9-10H2,1H3,(H,20,22).